The summed E-state index contributed by atoms with van der Waals surface area (Å²) in [5.74, 6) is -0.463. The lowest BCUT2D eigenvalue weighted by Crippen LogP contribution is -2.57. The van der Waals surface area contributed by atoms with E-state index in [1.165, 1.54) is 11.3 Å². The molecule has 9 nitrogen and oxygen atoms in total. The van der Waals surface area contributed by atoms with E-state index in [0.29, 0.717) is 43.8 Å². The van der Waals surface area contributed by atoms with Crippen molar-refractivity contribution in [3.8, 4) is 0 Å². The average molecular weight is 672 g/mol. The molecule has 1 atom stereocenters. The van der Waals surface area contributed by atoms with Crippen molar-refractivity contribution in [1.29, 1.82) is 0 Å². The molecule has 2 aromatic heterocycles. The largest absolute Gasteiger partial charge is 0.354 e. The number of piperazine rings is 1. The van der Waals surface area contributed by atoms with Crippen molar-refractivity contribution in [2.45, 2.75) is 50.1 Å². The Hall–Kier alpha value is -4.06. The van der Waals surface area contributed by atoms with Gasteiger partial charge >= 0.3 is 0 Å². The van der Waals surface area contributed by atoms with Crippen LogP contribution in [0.15, 0.2) is 78.2 Å². The van der Waals surface area contributed by atoms with Crippen LogP contribution in [0, 0.1) is 0 Å². The van der Waals surface area contributed by atoms with Crippen molar-refractivity contribution in [3.05, 3.63) is 93.5 Å². The molecule has 4 aromatic rings. The van der Waals surface area contributed by atoms with Gasteiger partial charge in [0, 0.05) is 55.3 Å². The molecule has 1 saturated heterocycles. The van der Waals surface area contributed by atoms with Crippen LogP contribution in [0.3, 0.4) is 0 Å². The number of thiophene rings is 2. The first-order valence-electron chi connectivity index (χ1n) is 16.4. The number of nitrogens with one attached hydrogen (secondary N) is 3. The molecule has 0 bridgehead atoms. The third-order valence-electron chi connectivity index (χ3n) is 9.22. The van der Waals surface area contributed by atoms with E-state index < -0.39 is 5.54 Å². The van der Waals surface area contributed by atoms with E-state index >= 15 is 0 Å². The molecule has 11 heteroatoms. The SMILES string of the molecule is O=C(CCNC(=O)C1(NC(=O)c2cc3ccccc3s2)CCCC1)NCC(c1ccccc1)N1CCN(C(=O)Cc2cccs2)CC1. The summed E-state index contributed by atoms with van der Waals surface area (Å²) >= 11 is 3.03. The summed E-state index contributed by atoms with van der Waals surface area (Å²) in [6, 6.07) is 23.8. The summed E-state index contributed by atoms with van der Waals surface area (Å²) in [6.45, 7) is 3.35. The van der Waals surface area contributed by atoms with Crippen LogP contribution in [-0.2, 0) is 20.8 Å². The second kappa shape index (κ2) is 15.2. The van der Waals surface area contributed by atoms with Gasteiger partial charge in [-0.15, -0.1) is 22.7 Å². The number of carbonyl (C=O) groups excluding carboxylic acids is 4. The number of nitrogens with zero attached hydrogens (tertiary/aromatic N) is 2. The van der Waals surface area contributed by atoms with Gasteiger partial charge in [-0.3, -0.25) is 24.1 Å². The van der Waals surface area contributed by atoms with E-state index in [-0.39, 0.29) is 42.6 Å². The Morgan fingerprint density at radius 1 is 0.851 bits per heavy atom. The van der Waals surface area contributed by atoms with E-state index in [1.807, 2.05) is 70.9 Å². The summed E-state index contributed by atoms with van der Waals surface area (Å²) < 4.78 is 1.03. The first-order valence-corrected chi connectivity index (χ1v) is 18.0. The number of fused-ring (bicyclic) bond motifs is 1. The van der Waals surface area contributed by atoms with Gasteiger partial charge < -0.3 is 20.9 Å². The average Bonchev–Trinajstić information content (AvgIpc) is 3.88. The molecule has 3 heterocycles. The molecule has 3 N–H and O–H groups in total. The number of hydrogen-bond donors (Lipinski definition) is 3. The lowest BCUT2D eigenvalue weighted by atomic mass is 9.96. The van der Waals surface area contributed by atoms with Crippen molar-refractivity contribution in [2.75, 3.05) is 39.3 Å². The summed E-state index contributed by atoms with van der Waals surface area (Å²) in [6.07, 6.45) is 3.45. The maximum atomic E-state index is 13.4. The highest BCUT2D eigenvalue weighted by Crippen LogP contribution is 2.32. The Morgan fingerprint density at radius 3 is 2.32 bits per heavy atom. The van der Waals surface area contributed by atoms with Gasteiger partial charge in [0.25, 0.3) is 5.91 Å². The molecular formula is C36H41N5O4S2. The summed E-state index contributed by atoms with van der Waals surface area (Å²) in [5.41, 5.74) is 0.145. The van der Waals surface area contributed by atoms with Gasteiger partial charge in [0.2, 0.25) is 17.7 Å². The van der Waals surface area contributed by atoms with Gasteiger partial charge in [-0.2, -0.15) is 0 Å². The zero-order valence-electron chi connectivity index (χ0n) is 26.4. The Kier molecular flexibility index (Phi) is 10.6. The monoisotopic (exact) mass is 671 g/mol. The van der Waals surface area contributed by atoms with Gasteiger partial charge in [0.1, 0.15) is 5.54 Å². The molecular weight excluding hydrogens is 631 g/mol. The van der Waals surface area contributed by atoms with Crippen LogP contribution >= 0.6 is 22.7 Å². The van der Waals surface area contributed by atoms with Crippen molar-refractivity contribution in [1.82, 2.24) is 25.8 Å². The number of rotatable bonds is 12. The molecule has 1 saturated carbocycles. The van der Waals surface area contributed by atoms with E-state index in [4.69, 9.17) is 0 Å². The highest BCUT2D eigenvalue weighted by atomic mass is 32.1. The fourth-order valence-corrected chi connectivity index (χ4v) is 8.26. The van der Waals surface area contributed by atoms with Crippen LogP contribution < -0.4 is 16.0 Å². The zero-order chi connectivity index (χ0) is 32.6. The standard InChI is InChI=1S/C36H41N5O4S2/c42-32(14-17-37-35(45)36(15-6-7-16-36)39-34(44)31-23-27-11-4-5-13-30(27)47-31)38-25-29(26-9-2-1-3-10-26)40-18-20-41(21-19-40)33(43)24-28-12-8-22-46-28/h1-5,8-13,22-23,29H,6-7,14-21,24-25H2,(H,37,45)(H,38,42)(H,39,44). The van der Waals surface area contributed by atoms with Gasteiger partial charge in [-0.05, 0) is 47.4 Å². The molecule has 0 radical (unpaired) electrons. The van der Waals surface area contributed by atoms with Crippen LogP contribution in [0.1, 0.15) is 58.3 Å². The quantitative estimate of drug-likeness (QED) is 0.201. The first-order chi connectivity index (χ1) is 22.9. The van der Waals surface area contributed by atoms with Crippen molar-refractivity contribution < 1.29 is 19.2 Å². The summed E-state index contributed by atoms with van der Waals surface area (Å²) in [4.78, 5) is 58.4. The summed E-state index contributed by atoms with van der Waals surface area (Å²) in [7, 11) is 0. The Balaban J connectivity index is 0.992. The van der Waals surface area contributed by atoms with E-state index in [1.54, 1.807) is 11.3 Å². The molecule has 2 aromatic carbocycles. The first kappa shape index (κ1) is 32.9. The minimum absolute atomic E-state index is 0.0323. The second-order valence-electron chi connectivity index (χ2n) is 12.3. The number of amides is 4. The predicted molar refractivity (Wildman–Crippen MR) is 186 cm³/mol. The van der Waals surface area contributed by atoms with Crippen LogP contribution in [0.2, 0.25) is 0 Å². The Morgan fingerprint density at radius 2 is 1.60 bits per heavy atom. The number of benzene rings is 2. The third-order valence-corrected chi connectivity index (χ3v) is 11.2. The molecule has 1 aliphatic heterocycles. The van der Waals surface area contributed by atoms with Crippen LogP contribution in [-0.4, -0.2) is 78.2 Å². The molecule has 246 valence electrons. The van der Waals surface area contributed by atoms with E-state index in [2.05, 4.69) is 33.0 Å². The van der Waals surface area contributed by atoms with Gasteiger partial charge in [-0.1, -0.05) is 67.4 Å². The van der Waals surface area contributed by atoms with Crippen molar-refractivity contribution in [3.63, 3.8) is 0 Å². The summed E-state index contributed by atoms with van der Waals surface area (Å²) in [5, 5.41) is 12.1. The topological polar surface area (TPSA) is 111 Å². The third kappa shape index (κ3) is 8.09. The lowest BCUT2D eigenvalue weighted by molar-refractivity contribution is -0.132. The molecule has 1 unspecified atom stereocenters. The highest BCUT2D eigenvalue weighted by Gasteiger charge is 2.42. The maximum Gasteiger partial charge on any atom is 0.262 e. The molecule has 2 aliphatic rings. The molecule has 1 aliphatic carbocycles. The number of hydrogen-bond acceptors (Lipinski definition) is 7. The Labute approximate surface area is 283 Å². The normalized spacial score (nSPS) is 16.9. The molecule has 2 fully saturated rings. The fraction of sp³-hybridized carbons (Fsp3) is 0.389. The minimum Gasteiger partial charge on any atom is -0.354 e. The van der Waals surface area contributed by atoms with Gasteiger partial charge in [0.05, 0.1) is 17.3 Å². The lowest BCUT2D eigenvalue weighted by Gasteiger charge is -2.39. The van der Waals surface area contributed by atoms with E-state index in [9.17, 15) is 19.2 Å². The number of carbonyl (C=O) groups is 4. The molecule has 0 spiro atoms. The fourth-order valence-electron chi connectivity index (χ4n) is 6.61. The second-order valence-corrected chi connectivity index (χ2v) is 14.4. The van der Waals surface area contributed by atoms with Crippen molar-refractivity contribution in [2.24, 2.45) is 0 Å². The van der Waals surface area contributed by atoms with E-state index in [0.717, 1.165) is 46.5 Å². The molecule has 4 amide bonds. The molecule has 47 heavy (non-hydrogen) atoms. The van der Waals surface area contributed by atoms with Crippen LogP contribution in [0.4, 0.5) is 0 Å². The zero-order valence-corrected chi connectivity index (χ0v) is 28.0. The van der Waals surface area contributed by atoms with Gasteiger partial charge in [-0.25, -0.2) is 0 Å². The van der Waals surface area contributed by atoms with Gasteiger partial charge in [0.15, 0.2) is 0 Å². The van der Waals surface area contributed by atoms with Crippen LogP contribution in [0.5, 0.6) is 0 Å². The van der Waals surface area contributed by atoms with Crippen molar-refractivity contribution >= 4 is 56.4 Å². The highest BCUT2D eigenvalue weighted by molar-refractivity contribution is 7.20. The minimum atomic E-state index is -0.963. The van der Waals surface area contributed by atoms with Crippen LogP contribution in [0.25, 0.3) is 10.1 Å². The Bertz CT molecular complexity index is 1640. The predicted octanol–water partition coefficient (Wildman–Crippen LogP) is 4.76. The molecule has 6 rings (SSSR count). The smallest absolute Gasteiger partial charge is 0.262 e. The maximum absolute atomic E-state index is 13.4.